The molecule has 1 aromatic carbocycles. The second-order valence-electron chi connectivity index (χ2n) is 7.00. The second-order valence-corrected chi connectivity index (χ2v) is 7.00. The smallest absolute Gasteiger partial charge is 0.255 e. The highest BCUT2D eigenvalue weighted by atomic mass is 16.5. The van der Waals surface area contributed by atoms with Gasteiger partial charge in [0.05, 0.1) is 12.2 Å². The molecule has 3 rings (SSSR count). The predicted octanol–water partition coefficient (Wildman–Crippen LogP) is 1.74. The number of rotatable bonds is 6. The van der Waals surface area contributed by atoms with Crippen LogP contribution in [0, 0.1) is 6.92 Å². The van der Waals surface area contributed by atoms with E-state index in [2.05, 4.69) is 10.2 Å². The molecule has 0 bridgehead atoms. The van der Waals surface area contributed by atoms with Gasteiger partial charge in [-0.1, -0.05) is 0 Å². The molecule has 0 atom stereocenters. The van der Waals surface area contributed by atoms with Crippen LogP contribution >= 0.6 is 0 Å². The molecule has 2 aliphatic rings. The zero-order valence-corrected chi connectivity index (χ0v) is 15.3. The monoisotopic (exact) mass is 347 g/mol. The standard InChI is InChI=1S/C19H29N3O3/c1-13-12-16(18-15(17(13)20)6-11-25-18)19(23)21-14-4-8-22(9-5-14)7-3-10-24-2/h12,14H,3-11,20H2,1-2H3,(H,21,23). The van der Waals surface area contributed by atoms with Gasteiger partial charge in [0.25, 0.3) is 5.91 Å². The second kappa shape index (κ2) is 8.06. The molecule has 2 aliphatic heterocycles. The Labute approximate surface area is 149 Å². The molecule has 0 aromatic heterocycles. The third-order valence-corrected chi connectivity index (χ3v) is 5.22. The molecule has 0 spiro atoms. The molecule has 6 nitrogen and oxygen atoms in total. The van der Waals surface area contributed by atoms with Gasteiger partial charge in [-0.3, -0.25) is 4.79 Å². The number of fused-ring (bicyclic) bond motifs is 1. The van der Waals surface area contributed by atoms with Crippen molar-refractivity contribution in [3.05, 3.63) is 22.8 Å². The minimum absolute atomic E-state index is 0.0425. The maximum absolute atomic E-state index is 12.8. The van der Waals surface area contributed by atoms with E-state index < -0.39 is 0 Å². The summed E-state index contributed by atoms with van der Waals surface area (Å²) in [6, 6.07) is 2.08. The van der Waals surface area contributed by atoms with Crippen LogP contribution in [0.4, 0.5) is 5.69 Å². The molecule has 0 unspecified atom stereocenters. The lowest BCUT2D eigenvalue weighted by atomic mass is 9.99. The molecule has 2 heterocycles. The van der Waals surface area contributed by atoms with Crippen LogP contribution in [0.2, 0.25) is 0 Å². The fraction of sp³-hybridized carbons (Fsp3) is 0.632. The van der Waals surface area contributed by atoms with Crippen molar-refractivity contribution < 1.29 is 14.3 Å². The SMILES string of the molecule is COCCCN1CCC(NC(=O)c2cc(C)c(N)c3c2OCC3)CC1. The summed E-state index contributed by atoms with van der Waals surface area (Å²) in [6.07, 6.45) is 3.80. The van der Waals surface area contributed by atoms with Crippen molar-refractivity contribution in [1.29, 1.82) is 0 Å². The van der Waals surface area contributed by atoms with Crippen LogP contribution in [-0.4, -0.2) is 56.8 Å². The summed E-state index contributed by atoms with van der Waals surface area (Å²) in [5.41, 5.74) is 9.44. The number of nitrogen functional groups attached to an aromatic ring is 1. The number of nitrogens with zero attached hydrogens (tertiary/aromatic N) is 1. The van der Waals surface area contributed by atoms with Crippen molar-refractivity contribution in [3.8, 4) is 5.75 Å². The predicted molar refractivity (Wildman–Crippen MR) is 98.2 cm³/mol. The van der Waals surface area contributed by atoms with Gasteiger partial charge in [-0.05, 0) is 37.8 Å². The molecule has 0 radical (unpaired) electrons. The first-order chi connectivity index (χ1) is 12.1. The number of benzene rings is 1. The molecule has 6 heteroatoms. The number of ether oxygens (including phenoxy) is 2. The number of carbonyl (C=O) groups excluding carboxylic acids is 1. The Kier molecular flexibility index (Phi) is 5.81. The zero-order valence-electron chi connectivity index (χ0n) is 15.3. The quantitative estimate of drug-likeness (QED) is 0.605. The van der Waals surface area contributed by atoms with Crippen molar-refractivity contribution >= 4 is 11.6 Å². The summed E-state index contributed by atoms with van der Waals surface area (Å²) >= 11 is 0. The number of piperidine rings is 1. The van der Waals surface area contributed by atoms with Gasteiger partial charge in [0, 0.05) is 57.1 Å². The van der Waals surface area contributed by atoms with E-state index in [1.807, 2.05) is 13.0 Å². The molecule has 1 aromatic rings. The number of hydrogen-bond donors (Lipinski definition) is 2. The fourth-order valence-electron chi connectivity index (χ4n) is 3.72. The molecule has 3 N–H and O–H groups in total. The molecule has 0 aliphatic carbocycles. The first-order valence-corrected chi connectivity index (χ1v) is 9.17. The largest absolute Gasteiger partial charge is 0.492 e. The molecule has 1 saturated heterocycles. The lowest BCUT2D eigenvalue weighted by Crippen LogP contribution is -2.45. The summed E-state index contributed by atoms with van der Waals surface area (Å²) in [4.78, 5) is 15.2. The summed E-state index contributed by atoms with van der Waals surface area (Å²) in [5, 5.41) is 3.19. The Balaban J connectivity index is 1.57. The highest BCUT2D eigenvalue weighted by Gasteiger charge is 2.27. The Bertz CT molecular complexity index is 625. The molecular formula is C19H29N3O3. The lowest BCUT2D eigenvalue weighted by molar-refractivity contribution is 0.0904. The van der Waals surface area contributed by atoms with Crippen LogP contribution in [0.5, 0.6) is 5.75 Å². The minimum atomic E-state index is -0.0425. The van der Waals surface area contributed by atoms with E-state index in [0.717, 1.165) is 68.7 Å². The van der Waals surface area contributed by atoms with Crippen LogP contribution in [0.25, 0.3) is 0 Å². The number of nitrogens with two attached hydrogens (primary N) is 1. The minimum Gasteiger partial charge on any atom is -0.492 e. The van der Waals surface area contributed by atoms with Gasteiger partial charge in [-0.2, -0.15) is 0 Å². The average Bonchev–Trinajstić information content (AvgIpc) is 3.10. The van der Waals surface area contributed by atoms with Gasteiger partial charge < -0.3 is 25.4 Å². The Morgan fingerprint density at radius 2 is 2.20 bits per heavy atom. The van der Waals surface area contributed by atoms with E-state index in [1.165, 1.54) is 0 Å². The lowest BCUT2D eigenvalue weighted by Gasteiger charge is -2.32. The van der Waals surface area contributed by atoms with Crippen molar-refractivity contribution in [3.63, 3.8) is 0 Å². The maximum atomic E-state index is 12.8. The Morgan fingerprint density at radius 1 is 1.44 bits per heavy atom. The fourth-order valence-corrected chi connectivity index (χ4v) is 3.72. The highest BCUT2D eigenvalue weighted by molar-refractivity contribution is 5.99. The van der Waals surface area contributed by atoms with Gasteiger partial charge in [0.1, 0.15) is 5.75 Å². The molecule has 1 fully saturated rings. The van der Waals surface area contributed by atoms with Gasteiger partial charge in [-0.15, -0.1) is 0 Å². The number of likely N-dealkylation sites (tertiary alicyclic amines) is 1. The number of aryl methyl sites for hydroxylation is 1. The van der Waals surface area contributed by atoms with Crippen LogP contribution < -0.4 is 15.8 Å². The van der Waals surface area contributed by atoms with Crippen molar-refractivity contribution in [1.82, 2.24) is 10.2 Å². The van der Waals surface area contributed by atoms with E-state index >= 15 is 0 Å². The number of carbonyl (C=O) groups is 1. The van der Waals surface area contributed by atoms with E-state index in [-0.39, 0.29) is 11.9 Å². The molecule has 138 valence electrons. The summed E-state index contributed by atoms with van der Waals surface area (Å²) in [6.45, 7) is 6.45. The number of anilines is 1. The molecular weight excluding hydrogens is 318 g/mol. The third-order valence-electron chi connectivity index (χ3n) is 5.22. The van der Waals surface area contributed by atoms with Crippen LogP contribution in [-0.2, 0) is 11.2 Å². The van der Waals surface area contributed by atoms with Gasteiger partial charge in [0.15, 0.2) is 0 Å². The van der Waals surface area contributed by atoms with E-state index in [9.17, 15) is 4.79 Å². The van der Waals surface area contributed by atoms with Crippen LogP contribution in [0.15, 0.2) is 6.07 Å². The number of nitrogens with one attached hydrogen (secondary N) is 1. The summed E-state index contributed by atoms with van der Waals surface area (Å²) in [5.74, 6) is 0.636. The molecule has 1 amide bonds. The third kappa shape index (κ3) is 4.07. The molecule has 0 saturated carbocycles. The highest BCUT2D eigenvalue weighted by Crippen LogP contribution is 2.36. The summed E-state index contributed by atoms with van der Waals surface area (Å²) < 4.78 is 10.8. The topological polar surface area (TPSA) is 76.8 Å². The maximum Gasteiger partial charge on any atom is 0.255 e. The number of hydrogen-bond acceptors (Lipinski definition) is 5. The van der Waals surface area contributed by atoms with Crippen LogP contribution in [0.1, 0.15) is 40.7 Å². The first-order valence-electron chi connectivity index (χ1n) is 9.17. The van der Waals surface area contributed by atoms with E-state index in [4.69, 9.17) is 15.2 Å². The first kappa shape index (κ1) is 18.0. The van der Waals surface area contributed by atoms with Crippen molar-refractivity contribution in [2.24, 2.45) is 0 Å². The molecule has 25 heavy (non-hydrogen) atoms. The Morgan fingerprint density at radius 3 is 2.92 bits per heavy atom. The Hall–Kier alpha value is -1.79. The van der Waals surface area contributed by atoms with Crippen molar-refractivity contribution in [2.75, 3.05) is 45.7 Å². The summed E-state index contributed by atoms with van der Waals surface area (Å²) in [7, 11) is 1.74. The van der Waals surface area contributed by atoms with Gasteiger partial charge in [0.2, 0.25) is 0 Å². The zero-order chi connectivity index (χ0) is 17.8. The number of methoxy groups -OCH3 is 1. The number of amides is 1. The normalized spacial score (nSPS) is 18.0. The van der Waals surface area contributed by atoms with E-state index in [0.29, 0.717) is 17.9 Å². The van der Waals surface area contributed by atoms with E-state index in [1.54, 1.807) is 7.11 Å². The van der Waals surface area contributed by atoms with Crippen LogP contribution in [0.3, 0.4) is 0 Å². The average molecular weight is 347 g/mol. The van der Waals surface area contributed by atoms with Gasteiger partial charge >= 0.3 is 0 Å². The van der Waals surface area contributed by atoms with Crippen molar-refractivity contribution in [2.45, 2.75) is 38.6 Å². The van der Waals surface area contributed by atoms with Gasteiger partial charge in [-0.25, -0.2) is 0 Å².